The Morgan fingerprint density at radius 2 is 1.44 bits per heavy atom. The number of hydrogen-bond acceptors (Lipinski definition) is 2. The summed E-state index contributed by atoms with van der Waals surface area (Å²) in [5.41, 5.74) is 2.11. The van der Waals surface area contributed by atoms with E-state index in [-0.39, 0.29) is 5.91 Å². The van der Waals surface area contributed by atoms with Gasteiger partial charge in [-0.25, -0.2) is 0 Å². The Morgan fingerprint density at radius 1 is 0.920 bits per heavy atom. The molecule has 0 spiro atoms. The monoisotopic (exact) mass is 363 g/mol. The SMILES string of the molecule is CO[Si](C)(C)CCCCCCCCCCC(=O)Nc1ccc(C)cc1. The van der Waals surface area contributed by atoms with E-state index in [2.05, 4.69) is 18.4 Å². The molecule has 1 amide bonds. The minimum Gasteiger partial charge on any atom is -0.420 e. The molecule has 0 radical (unpaired) electrons. The van der Waals surface area contributed by atoms with Crippen LogP contribution in [-0.2, 0) is 9.22 Å². The molecule has 0 heterocycles. The average Bonchev–Trinajstić information content (AvgIpc) is 2.58. The van der Waals surface area contributed by atoms with Gasteiger partial charge in [-0.05, 0) is 44.6 Å². The van der Waals surface area contributed by atoms with Crippen molar-refractivity contribution in [1.29, 1.82) is 0 Å². The van der Waals surface area contributed by atoms with Crippen LogP contribution in [0, 0.1) is 6.92 Å². The van der Waals surface area contributed by atoms with Crippen LogP contribution in [0.5, 0.6) is 0 Å². The topological polar surface area (TPSA) is 38.3 Å². The summed E-state index contributed by atoms with van der Waals surface area (Å²) in [6.07, 6.45) is 10.6. The van der Waals surface area contributed by atoms with E-state index in [1.165, 1.54) is 50.1 Å². The van der Waals surface area contributed by atoms with Crippen LogP contribution in [0.1, 0.15) is 63.4 Å². The molecule has 0 saturated carbocycles. The van der Waals surface area contributed by atoms with Gasteiger partial charge in [0.05, 0.1) is 0 Å². The molecule has 0 atom stereocenters. The molecule has 0 bridgehead atoms. The van der Waals surface area contributed by atoms with Crippen molar-refractivity contribution in [2.24, 2.45) is 0 Å². The molecule has 0 fully saturated rings. The lowest BCUT2D eigenvalue weighted by Gasteiger charge is -2.19. The minimum atomic E-state index is -1.34. The van der Waals surface area contributed by atoms with Gasteiger partial charge in [-0.2, -0.15) is 0 Å². The molecule has 1 rings (SSSR count). The van der Waals surface area contributed by atoms with Crippen molar-refractivity contribution in [3.8, 4) is 0 Å². The number of nitrogens with one attached hydrogen (secondary N) is 1. The van der Waals surface area contributed by atoms with Crippen LogP contribution >= 0.6 is 0 Å². The van der Waals surface area contributed by atoms with Gasteiger partial charge in [-0.15, -0.1) is 0 Å². The first-order valence-corrected chi connectivity index (χ1v) is 13.0. The number of unbranched alkanes of at least 4 members (excludes halogenated alkanes) is 7. The lowest BCUT2D eigenvalue weighted by atomic mass is 10.1. The quantitative estimate of drug-likeness (QED) is 0.330. The largest absolute Gasteiger partial charge is 0.420 e. The van der Waals surface area contributed by atoms with Crippen molar-refractivity contribution in [1.82, 2.24) is 0 Å². The number of aryl methyl sites for hydroxylation is 1. The molecule has 0 aliphatic rings. The van der Waals surface area contributed by atoms with Gasteiger partial charge in [0.15, 0.2) is 8.32 Å². The van der Waals surface area contributed by atoms with Crippen molar-refractivity contribution in [2.75, 3.05) is 12.4 Å². The van der Waals surface area contributed by atoms with E-state index in [0.717, 1.165) is 18.5 Å². The summed E-state index contributed by atoms with van der Waals surface area (Å²) in [4.78, 5) is 11.9. The van der Waals surface area contributed by atoms with Crippen molar-refractivity contribution in [3.63, 3.8) is 0 Å². The Labute approximate surface area is 155 Å². The van der Waals surface area contributed by atoms with Crippen molar-refractivity contribution < 1.29 is 9.22 Å². The van der Waals surface area contributed by atoms with E-state index < -0.39 is 8.32 Å². The molecule has 25 heavy (non-hydrogen) atoms. The Kier molecular flexibility index (Phi) is 10.7. The van der Waals surface area contributed by atoms with Crippen LogP contribution in [0.4, 0.5) is 5.69 Å². The molecule has 1 aromatic rings. The van der Waals surface area contributed by atoms with Gasteiger partial charge in [0.25, 0.3) is 0 Å². The first-order valence-electron chi connectivity index (χ1n) is 9.84. The Balaban J connectivity index is 1.93. The zero-order valence-electron chi connectivity index (χ0n) is 16.7. The standard InChI is InChI=1S/C21H37NO2Si/c1-19-14-16-20(17-15-19)22-21(23)13-11-9-7-5-6-8-10-12-18-25(3,4)24-2/h14-17H,5-13,18H2,1-4H3,(H,22,23). The van der Waals surface area contributed by atoms with Crippen molar-refractivity contribution in [2.45, 2.75) is 83.8 Å². The molecule has 0 saturated heterocycles. The predicted molar refractivity (Wildman–Crippen MR) is 111 cm³/mol. The molecule has 0 aromatic heterocycles. The highest BCUT2D eigenvalue weighted by molar-refractivity contribution is 6.71. The van der Waals surface area contributed by atoms with E-state index in [1.807, 2.05) is 38.3 Å². The molecule has 1 N–H and O–H groups in total. The lowest BCUT2D eigenvalue weighted by Crippen LogP contribution is -2.27. The van der Waals surface area contributed by atoms with Gasteiger partial charge in [0.1, 0.15) is 0 Å². The van der Waals surface area contributed by atoms with Gasteiger partial charge >= 0.3 is 0 Å². The second-order valence-corrected chi connectivity index (χ2v) is 12.1. The molecule has 142 valence electrons. The highest BCUT2D eigenvalue weighted by atomic mass is 28.4. The van der Waals surface area contributed by atoms with Gasteiger partial charge in [-0.1, -0.05) is 62.6 Å². The van der Waals surface area contributed by atoms with Gasteiger partial charge in [-0.3, -0.25) is 4.79 Å². The molecular formula is C21H37NO2Si. The third-order valence-electron chi connectivity index (χ3n) is 4.82. The van der Waals surface area contributed by atoms with Gasteiger partial charge < -0.3 is 9.74 Å². The summed E-state index contributed by atoms with van der Waals surface area (Å²) >= 11 is 0. The second-order valence-electron chi connectivity index (χ2n) is 7.71. The van der Waals surface area contributed by atoms with E-state index in [9.17, 15) is 4.79 Å². The third-order valence-corrected chi connectivity index (χ3v) is 7.48. The number of amides is 1. The molecule has 0 aliphatic heterocycles. The maximum atomic E-state index is 11.9. The maximum Gasteiger partial charge on any atom is 0.224 e. The van der Waals surface area contributed by atoms with Crippen LogP contribution in [0.3, 0.4) is 0 Å². The summed E-state index contributed by atoms with van der Waals surface area (Å²) < 4.78 is 5.58. The summed E-state index contributed by atoms with van der Waals surface area (Å²) in [5, 5.41) is 2.97. The van der Waals surface area contributed by atoms with E-state index in [0.29, 0.717) is 6.42 Å². The highest BCUT2D eigenvalue weighted by Crippen LogP contribution is 2.17. The first-order chi connectivity index (χ1) is 11.9. The average molecular weight is 364 g/mol. The van der Waals surface area contributed by atoms with Crippen molar-refractivity contribution in [3.05, 3.63) is 29.8 Å². The number of hydrogen-bond donors (Lipinski definition) is 1. The third kappa shape index (κ3) is 11.2. The maximum absolute atomic E-state index is 11.9. The zero-order valence-corrected chi connectivity index (χ0v) is 17.7. The number of rotatable bonds is 13. The predicted octanol–water partition coefficient (Wildman–Crippen LogP) is 6.30. The number of carbonyl (C=O) groups is 1. The summed E-state index contributed by atoms with van der Waals surface area (Å²) in [6, 6.07) is 9.24. The zero-order chi connectivity index (χ0) is 18.5. The normalized spacial score (nSPS) is 11.5. The smallest absolute Gasteiger partial charge is 0.224 e. The second kappa shape index (κ2) is 12.3. The summed E-state index contributed by atoms with van der Waals surface area (Å²) in [6.45, 7) is 6.64. The van der Waals surface area contributed by atoms with Crippen LogP contribution in [0.25, 0.3) is 0 Å². The summed E-state index contributed by atoms with van der Waals surface area (Å²) in [7, 11) is 0.511. The fourth-order valence-corrected chi connectivity index (χ4v) is 4.16. The Bertz CT molecular complexity index is 485. The van der Waals surface area contributed by atoms with E-state index >= 15 is 0 Å². The Morgan fingerprint density at radius 3 is 2.00 bits per heavy atom. The number of benzene rings is 1. The van der Waals surface area contributed by atoms with Crippen molar-refractivity contribution >= 4 is 19.9 Å². The number of carbonyl (C=O) groups excluding carboxylic acids is 1. The lowest BCUT2D eigenvalue weighted by molar-refractivity contribution is -0.116. The van der Waals surface area contributed by atoms with Crippen LogP contribution in [-0.4, -0.2) is 21.3 Å². The van der Waals surface area contributed by atoms with Crippen LogP contribution < -0.4 is 5.32 Å². The summed E-state index contributed by atoms with van der Waals surface area (Å²) in [5.74, 6) is 0.133. The molecule has 1 aromatic carbocycles. The van der Waals surface area contributed by atoms with Crippen LogP contribution in [0.2, 0.25) is 19.1 Å². The molecular weight excluding hydrogens is 326 g/mol. The van der Waals surface area contributed by atoms with E-state index in [4.69, 9.17) is 4.43 Å². The van der Waals surface area contributed by atoms with Gasteiger partial charge in [0.2, 0.25) is 5.91 Å². The van der Waals surface area contributed by atoms with E-state index in [1.54, 1.807) is 0 Å². The fourth-order valence-electron chi connectivity index (χ4n) is 2.86. The fraction of sp³-hybridized carbons (Fsp3) is 0.667. The van der Waals surface area contributed by atoms with Crippen LogP contribution in [0.15, 0.2) is 24.3 Å². The highest BCUT2D eigenvalue weighted by Gasteiger charge is 2.19. The molecule has 0 aliphatic carbocycles. The van der Waals surface area contributed by atoms with Gasteiger partial charge in [0, 0.05) is 19.2 Å². The minimum absolute atomic E-state index is 0.133. The Hall–Kier alpha value is -1.13. The number of anilines is 1. The molecule has 0 unspecified atom stereocenters. The molecule has 4 heteroatoms. The molecule has 3 nitrogen and oxygen atoms in total. The first kappa shape index (κ1) is 21.9.